The zero-order valence-corrected chi connectivity index (χ0v) is 15.5. The van der Waals surface area contributed by atoms with Crippen molar-refractivity contribution in [2.24, 2.45) is 0 Å². The lowest BCUT2D eigenvalue weighted by atomic mass is 10.1. The maximum absolute atomic E-state index is 12.8. The summed E-state index contributed by atoms with van der Waals surface area (Å²) in [6.07, 6.45) is 0. The van der Waals surface area contributed by atoms with Gasteiger partial charge in [0, 0.05) is 25.3 Å². The van der Waals surface area contributed by atoms with Crippen molar-refractivity contribution >= 4 is 17.3 Å². The molecular weight excluding hydrogens is 314 g/mol. The highest BCUT2D eigenvalue weighted by molar-refractivity contribution is 6.08. The van der Waals surface area contributed by atoms with E-state index in [1.807, 2.05) is 48.5 Å². The molecule has 1 N–H and O–H groups in total. The van der Waals surface area contributed by atoms with Gasteiger partial charge < -0.3 is 15.1 Å². The van der Waals surface area contributed by atoms with Gasteiger partial charge in [0.15, 0.2) is 0 Å². The lowest BCUT2D eigenvalue weighted by Crippen LogP contribution is -2.43. The van der Waals surface area contributed by atoms with Crippen molar-refractivity contribution in [3.8, 4) is 5.75 Å². The van der Waals surface area contributed by atoms with Crippen molar-refractivity contribution in [1.82, 2.24) is 5.01 Å². The summed E-state index contributed by atoms with van der Waals surface area (Å²) in [6.45, 7) is 8.90. The molecule has 1 amide bonds. The molecule has 0 saturated heterocycles. The molecule has 2 rings (SSSR count). The normalized spacial score (nSPS) is 10.6. The first kappa shape index (κ1) is 18.8. The Kier molecular flexibility index (Phi) is 6.83. The van der Waals surface area contributed by atoms with E-state index in [1.54, 1.807) is 7.11 Å². The van der Waals surface area contributed by atoms with Crippen molar-refractivity contribution in [3.63, 3.8) is 0 Å². The molecule has 0 spiro atoms. The van der Waals surface area contributed by atoms with Gasteiger partial charge in [-0.3, -0.25) is 4.79 Å². The van der Waals surface area contributed by atoms with Crippen LogP contribution in [0.1, 0.15) is 31.1 Å². The van der Waals surface area contributed by atoms with Crippen LogP contribution < -0.4 is 15.1 Å². The number of ether oxygens (including phenoxy) is 1. The number of rotatable bonds is 8. The fourth-order valence-electron chi connectivity index (χ4n) is 2.85. The van der Waals surface area contributed by atoms with Crippen LogP contribution in [0.2, 0.25) is 0 Å². The summed E-state index contributed by atoms with van der Waals surface area (Å²) < 4.78 is 5.15. The lowest BCUT2D eigenvalue weighted by Gasteiger charge is -2.35. The van der Waals surface area contributed by atoms with E-state index in [0.29, 0.717) is 5.56 Å². The van der Waals surface area contributed by atoms with E-state index < -0.39 is 0 Å². The molecule has 0 aliphatic carbocycles. The monoisotopic (exact) mass is 341 g/mol. The molecule has 2 aromatic carbocycles. The van der Waals surface area contributed by atoms with E-state index in [1.165, 1.54) is 0 Å². The van der Waals surface area contributed by atoms with Gasteiger partial charge in [0.05, 0.1) is 18.4 Å². The van der Waals surface area contributed by atoms with Crippen LogP contribution in [0.4, 0.5) is 11.4 Å². The van der Waals surface area contributed by atoms with Gasteiger partial charge in [-0.15, -0.1) is 0 Å². The Bertz CT molecular complexity index is 682. The highest BCUT2D eigenvalue weighted by Crippen LogP contribution is 2.24. The van der Waals surface area contributed by atoms with E-state index in [4.69, 9.17) is 4.74 Å². The van der Waals surface area contributed by atoms with E-state index in [-0.39, 0.29) is 5.91 Å². The Labute approximate surface area is 150 Å². The molecule has 134 valence electrons. The summed E-state index contributed by atoms with van der Waals surface area (Å²) in [5.74, 6) is 0.642. The fraction of sp³-hybridized carbons (Fsp3) is 0.350. The second-order valence-electron chi connectivity index (χ2n) is 5.55. The lowest BCUT2D eigenvalue weighted by molar-refractivity contribution is 0.102. The summed E-state index contributed by atoms with van der Waals surface area (Å²) >= 11 is 0. The average Bonchev–Trinajstić information content (AvgIpc) is 2.66. The van der Waals surface area contributed by atoms with Gasteiger partial charge in [0.1, 0.15) is 5.75 Å². The number of carbonyl (C=O) groups excluding carboxylic acids is 1. The molecule has 2 aromatic rings. The van der Waals surface area contributed by atoms with Crippen LogP contribution in [0.5, 0.6) is 5.75 Å². The van der Waals surface area contributed by atoms with E-state index in [9.17, 15) is 4.79 Å². The highest BCUT2D eigenvalue weighted by Gasteiger charge is 2.18. The third-order valence-electron chi connectivity index (χ3n) is 4.15. The van der Waals surface area contributed by atoms with Gasteiger partial charge in [-0.05, 0) is 43.3 Å². The Morgan fingerprint density at radius 3 is 2.16 bits per heavy atom. The molecule has 0 saturated carbocycles. The predicted molar refractivity (Wildman–Crippen MR) is 103 cm³/mol. The number of hydrazine groups is 1. The van der Waals surface area contributed by atoms with Crippen molar-refractivity contribution in [3.05, 3.63) is 54.1 Å². The van der Waals surface area contributed by atoms with Crippen LogP contribution in [0.3, 0.4) is 0 Å². The number of hydrogen-bond acceptors (Lipinski definition) is 4. The quantitative estimate of drug-likeness (QED) is 0.736. The van der Waals surface area contributed by atoms with Crippen LogP contribution in [0.15, 0.2) is 48.5 Å². The first-order chi connectivity index (χ1) is 12.1. The minimum absolute atomic E-state index is 0.119. The molecule has 0 aliphatic rings. The van der Waals surface area contributed by atoms with Crippen LogP contribution in [-0.4, -0.2) is 37.7 Å². The SMILES string of the molecule is CCN(CC)N(CC)c1ccccc1C(=O)Nc1ccc(OC)cc1. The Balaban J connectivity index is 2.27. The molecule has 0 bridgehead atoms. The summed E-state index contributed by atoms with van der Waals surface area (Å²) in [4.78, 5) is 12.8. The van der Waals surface area contributed by atoms with E-state index in [0.717, 1.165) is 36.8 Å². The molecule has 5 heteroatoms. The number of methoxy groups -OCH3 is 1. The number of benzene rings is 2. The number of amides is 1. The third kappa shape index (κ3) is 4.51. The topological polar surface area (TPSA) is 44.8 Å². The molecule has 0 radical (unpaired) electrons. The maximum atomic E-state index is 12.8. The standard InChI is InChI=1S/C20H27N3O2/c1-5-22(6-2)23(7-3)19-11-9-8-10-18(19)20(24)21-16-12-14-17(25-4)15-13-16/h8-15H,5-7H2,1-4H3,(H,21,24). The van der Waals surface area contributed by atoms with Gasteiger partial charge in [0.25, 0.3) is 5.91 Å². The average molecular weight is 341 g/mol. The minimum Gasteiger partial charge on any atom is -0.497 e. The summed E-state index contributed by atoms with van der Waals surface area (Å²) in [5.41, 5.74) is 2.32. The van der Waals surface area contributed by atoms with Gasteiger partial charge in [-0.25, -0.2) is 5.01 Å². The molecule has 25 heavy (non-hydrogen) atoms. The largest absolute Gasteiger partial charge is 0.497 e. The molecule has 0 unspecified atom stereocenters. The number of hydrogen-bond donors (Lipinski definition) is 1. The smallest absolute Gasteiger partial charge is 0.257 e. The van der Waals surface area contributed by atoms with Gasteiger partial charge in [-0.1, -0.05) is 26.0 Å². The van der Waals surface area contributed by atoms with Gasteiger partial charge in [-0.2, -0.15) is 0 Å². The van der Waals surface area contributed by atoms with E-state index in [2.05, 4.69) is 36.1 Å². The van der Waals surface area contributed by atoms with E-state index >= 15 is 0 Å². The molecule has 0 fully saturated rings. The van der Waals surface area contributed by atoms with Crippen LogP contribution in [-0.2, 0) is 0 Å². The summed E-state index contributed by atoms with van der Waals surface area (Å²) in [5, 5.41) is 7.34. The number of carbonyl (C=O) groups is 1. The first-order valence-corrected chi connectivity index (χ1v) is 8.71. The molecule has 0 heterocycles. The number of anilines is 2. The number of nitrogens with zero attached hydrogens (tertiary/aromatic N) is 2. The Morgan fingerprint density at radius 2 is 1.60 bits per heavy atom. The molecule has 0 aromatic heterocycles. The molecule has 0 aliphatic heterocycles. The summed E-state index contributed by atoms with van der Waals surface area (Å²) in [7, 11) is 1.62. The maximum Gasteiger partial charge on any atom is 0.257 e. The molecule has 0 atom stereocenters. The van der Waals surface area contributed by atoms with Crippen LogP contribution in [0.25, 0.3) is 0 Å². The zero-order chi connectivity index (χ0) is 18.2. The van der Waals surface area contributed by atoms with Crippen LogP contribution in [0, 0.1) is 0 Å². The predicted octanol–water partition coefficient (Wildman–Crippen LogP) is 4.03. The fourth-order valence-corrected chi connectivity index (χ4v) is 2.85. The Morgan fingerprint density at radius 1 is 0.960 bits per heavy atom. The molecule has 5 nitrogen and oxygen atoms in total. The van der Waals surface area contributed by atoms with Crippen molar-refractivity contribution in [2.45, 2.75) is 20.8 Å². The second kappa shape index (κ2) is 9.08. The first-order valence-electron chi connectivity index (χ1n) is 8.71. The third-order valence-corrected chi connectivity index (χ3v) is 4.15. The number of para-hydroxylation sites is 1. The second-order valence-corrected chi connectivity index (χ2v) is 5.55. The highest BCUT2D eigenvalue weighted by atomic mass is 16.5. The van der Waals surface area contributed by atoms with Crippen molar-refractivity contribution < 1.29 is 9.53 Å². The summed E-state index contributed by atoms with van der Waals surface area (Å²) in [6, 6.07) is 15.0. The van der Waals surface area contributed by atoms with Crippen molar-refractivity contribution in [2.75, 3.05) is 37.1 Å². The molecular formula is C20H27N3O2. The Hall–Kier alpha value is -2.53. The zero-order valence-electron chi connectivity index (χ0n) is 15.5. The minimum atomic E-state index is -0.119. The van der Waals surface area contributed by atoms with Gasteiger partial charge >= 0.3 is 0 Å². The van der Waals surface area contributed by atoms with Gasteiger partial charge in [0.2, 0.25) is 0 Å². The van der Waals surface area contributed by atoms with Crippen molar-refractivity contribution in [1.29, 1.82) is 0 Å². The number of nitrogens with one attached hydrogen (secondary N) is 1. The van der Waals surface area contributed by atoms with Crippen LogP contribution >= 0.6 is 0 Å².